The number of nitrogens with zero attached hydrogens (tertiary/aromatic N) is 1. The van der Waals surface area contributed by atoms with Gasteiger partial charge in [-0.1, -0.05) is 11.6 Å². The Bertz CT molecular complexity index is 697. The first-order chi connectivity index (χ1) is 9.26. The number of hydrogen-bond acceptors (Lipinski definition) is 4. The van der Waals surface area contributed by atoms with E-state index in [9.17, 15) is 0 Å². The highest BCUT2D eigenvalue weighted by atomic mass is 35.5. The van der Waals surface area contributed by atoms with Crippen molar-refractivity contribution in [2.45, 2.75) is 13.2 Å². The van der Waals surface area contributed by atoms with Gasteiger partial charge in [0, 0.05) is 34.6 Å². The van der Waals surface area contributed by atoms with Crippen LogP contribution in [0.1, 0.15) is 11.4 Å². The summed E-state index contributed by atoms with van der Waals surface area (Å²) in [5.74, 6) is 0.646. The van der Waals surface area contributed by atoms with E-state index in [1.165, 1.54) is 0 Å². The van der Waals surface area contributed by atoms with Crippen molar-refractivity contribution in [3.8, 4) is 5.75 Å². The van der Waals surface area contributed by atoms with E-state index in [1.807, 2.05) is 23.6 Å². The number of nitrogens with one attached hydrogen (secondary N) is 1. The Morgan fingerprint density at radius 3 is 2.90 bits per heavy atom. The number of halogens is 2. The zero-order valence-electron chi connectivity index (χ0n) is 10.4. The minimum absolute atomic E-state index is 0. The van der Waals surface area contributed by atoms with Gasteiger partial charge >= 0.3 is 0 Å². The van der Waals surface area contributed by atoms with E-state index in [1.54, 1.807) is 16.8 Å². The Kier molecular flexibility index (Phi) is 4.88. The summed E-state index contributed by atoms with van der Waals surface area (Å²) in [5, 5.41) is 3.57. The Balaban J connectivity index is 0.00000147. The number of aromatic nitrogens is 2. The van der Waals surface area contributed by atoms with Gasteiger partial charge in [-0.2, -0.15) is 0 Å². The number of rotatable bonds is 4. The molecule has 106 valence electrons. The molecule has 0 unspecified atom stereocenters. The van der Waals surface area contributed by atoms with E-state index in [0.717, 1.165) is 22.3 Å². The van der Waals surface area contributed by atoms with Crippen LogP contribution in [0.4, 0.5) is 0 Å². The lowest BCUT2D eigenvalue weighted by molar-refractivity contribution is 0.302. The van der Waals surface area contributed by atoms with Gasteiger partial charge in [0.2, 0.25) is 0 Å². The van der Waals surface area contributed by atoms with E-state index in [0.29, 0.717) is 23.9 Å². The van der Waals surface area contributed by atoms with Crippen molar-refractivity contribution in [2.75, 3.05) is 0 Å². The van der Waals surface area contributed by atoms with Gasteiger partial charge in [-0.3, -0.25) is 0 Å². The molecule has 0 fully saturated rings. The Hall–Kier alpha value is -1.27. The molecule has 20 heavy (non-hydrogen) atoms. The molecule has 3 rings (SSSR count). The maximum Gasteiger partial charge on any atom is 0.140 e. The van der Waals surface area contributed by atoms with Gasteiger partial charge in [-0.15, -0.1) is 23.7 Å². The second kappa shape index (κ2) is 6.45. The number of hydrogen-bond donors (Lipinski definition) is 2. The maximum atomic E-state index is 6.21. The molecule has 0 bridgehead atoms. The zero-order valence-corrected chi connectivity index (χ0v) is 12.8. The highest BCUT2D eigenvalue weighted by Crippen LogP contribution is 2.30. The number of aromatic amines is 1. The van der Waals surface area contributed by atoms with Gasteiger partial charge in [0.05, 0.1) is 16.2 Å². The van der Waals surface area contributed by atoms with Gasteiger partial charge < -0.3 is 15.5 Å². The van der Waals surface area contributed by atoms with E-state index in [2.05, 4.69) is 9.97 Å². The summed E-state index contributed by atoms with van der Waals surface area (Å²) in [6, 6.07) is 5.76. The summed E-state index contributed by atoms with van der Waals surface area (Å²) < 4.78 is 5.69. The average molecular weight is 330 g/mol. The fourth-order valence-corrected chi connectivity index (χ4v) is 2.64. The first-order valence-corrected chi connectivity index (χ1v) is 7.09. The van der Waals surface area contributed by atoms with Crippen LogP contribution in [0.15, 0.2) is 29.1 Å². The van der Waals surface area contributed by atoms with Crippen LogP contribution in [0.2, 0.25) is 5.02 Å². The van der Waals surface area contributed by atoms with E-state index in [-0.39, 0.29) is 12.4 Å². The molecule has 0 atom stereocenters. The number of fused-ring (bicyclic) bond motifs is 1. The molecule has 3 N–H and O–H groups in total. The zero-order chi connectivity index (χ0) is 13.2. The molecule has 1 aromatic carbocycles. The fraction of sp³-hybridized carbons (Fsp3) is 0.154. The average Bonchev–Trinajstić information content (AvgIpc) is 3.04. The van der Waals surface area contributed by atoms with Crippen LogP contribution in [-0.2, 0) is 13.2 Å². The number of H-pyrrole nitrogens is 1. The lowest BCUT2D eigenvalue weighted by atomic mass is 10.2. The minimum Gasteiger partial charge on any atom is -0.486 e. The Labute approximate surface area is 131 Å². The van der Waals surface area contributed by atoms with Crippen LogP contribution in [0.25, 0.3) is 10.9 Å². The van der Waals surface area contributed by atoms with Crippen molar-refractivity contribution in [2.24, 2.45) is 5.73 Å². The molecule has 0 radical (unpaired) electrons. The lowest BCUT2D eigenvalue weighted by Crippen LogP contribution is -1.96. The van der Waals surface area contributed by atoms with E-state index in [4.69, 9.17) is 22.1 Å². The quantitative estimate of drug-likeness (QED) is 0.766. The third kappa shape index (κ3) is 3.07. The molecule has 0 aliphatic carbocycles. The van der Waals surface area contributed by atoms with Gasteiger partial charge in [-0.05, 0) is 12.1 Å². The molecule has 4 nitrogen and oxygen atoms in total. The van der Waals surface area contributed by atoms with Gasteiger partial charge in [0.15, 0.2) is 0 Å². The first-order valence-electron chi connectivity index (χ1n) is 5.77. The van der Waals surface area contributed by atoms with Crippen LogP contribution in [0.5, 0.6) is 5.75 Å². The predicted molar refractivity (Wildman–Crippen MR) is 84.9 cm³/mol. The topological polar surface area (TPSA) is 63.9 Å². The maximum absolute atomic E-state index is 6.21. The molecular formula is C13H13Cl2N3OS. The molecule has 0 amide bonds. The second-order valence-corrected chi connectivity index (χ2v) is 5.26. The van der Waals surface area contributed by atoms with Crippen molar-refractivity contribution >= 4 is 46.2 Å². The lowest BCUT2D eigenvalue weighted by Gasteiger charge is -2.06. The van der Waals surface area contributed by atoms with Crippen LogP contribution in [0.3, 0.4) is 0 Å². The van der Waals surface area contributed by atoms with Crippen LogP contribution in [-0.4, -0.2) is 9.97 Å². The minimum atomic E-state index is 0. The number of benzene rings is 1. The normalized spacial score (nSPS) is 10.5. The predicted octanol–water partition coefficient (Wildman–Crippen LogP) is 3.74. The van der Waals surface area contributed by atoms with E-state index < -0.39 is 0 Å². The molecule has 0 saturated heterocycles. The molecular weight excluding hydrogens is 317 g/mol. The molecule has 2 heterocycles. The molecule has 0 aliphatic rings. The standard InChI is InChI=1S/C13H12ClN3OS.ClH/c14-11-2-8-1-9(4-15)17-12(8)3-13(11)18-5-10-6-19-7-16-10;/h1-3,6-7,17H,4-5,15H2;1H. The van der Waals surface area contributed by atoms with Crippen LogP contribution in [0, 0.1) is 0 Å². The highest BCUT2D eigenvalue weighted by molar-refractivity contribution is 7.07. The summed E-state index contributed by atoms with van der Waals surface area (Å²) in [6.45, 7) is 0.889. The van der Waals surface area contributed by atoms with Gasteiger partial charge in [0.1, 0.15) is 12.4 Å². The highest BCUT2D eigenvalue weighted by Gasteiger charge is 2.08. The van der Waals surface area contributed by atoms with Crippen LogP contribution < -0.4 is 10.5 Å². The van der Waals surface area contributed by atoms with Crippen molar-refractivity contribution < 1.29 is 4.74 Å². The molecule has 3 aromatic rings. The van der Waals surface area contributed by atoms with Gasteiger partial charge in [0.25, 0.3) is 0 Å². The van der Waals surface area contributed by atoms with Crippen molar-refractivity contribution in [3.63, 3.8) is 0 Å². The van der Waals surface area contributed by atoms with E-state index >= 15 is 0 Å². The van der Waals surface area contributed by atoms with Crippen molar-refractivity contribution in [1.82, 2.24) is 9.97 Å². The van der Waals surface area contributed by atoms with Gasteiger partial charge in [-0.25, -0.2) is 4.98 Å². The van der Waals surface area contributed by atoms with Crippen molar-refractivity contribution in [1.29, 1.82) is 0 Å². The van der Waals surface area contributed by atoms with Crippen LogP contribution >= 0.6 is 35.3 Å². The molecule has 0 aliphatic heterocycles. The second-order valence-electron chi connectivity index (χ2n) is 4.14. The van der Waals surface area contributed by atoms with Crippen molar-refractivity contribution in [3.05, 3.63) is 45.5 Å². The third-order valence-corrected chi connectivity index (χ3v) is 3.74. The fourth-order valence-electron chi connectivity index (χ4n) is 1.87. The number of nitrogens with two attached hydrogens (primary N) is 1. The Morgan fingerprint density at radius 2 is 2.20 bits per heavy atom. The molecule has 7 heteroatoms. The SMILES string of the molecule is Cl.NCc1cc2cc(Cl)c(OCc3cscn3)cc2[nH]1. The summed E-state index contributed by atoms with van der Waals surface area (Å²) >= 11 is 7.75. The third-order valence-electron chi connectivity index (χ3n) is 2.81. The summed E-state index contributed by atoms with van der Waals surface area (Å²) in [5.41, 5.74) is 10.2. The molecule has 2 aromatic heterocycles. The number of thiazole rings is 1. The summed E-state index contributed by atoms with van der Waals surface area (Å²) in [6.07, 6.45) is 0. The first kappa shape index (κ1) is 15.1. The molecule has 0 spiro atoms. The Morgan fingerprint density at radius 1 is 1.35 bits per heavy atom. The largest absolute Gasteiger partial charge is 0.486 e. The number of ether oxygens (including phenoxy) is 1. The summed E-state index contributed by atoms with van der Waals surface area (Å²) in [7, 11) is 0. The summed E-state index contributed by atoms with van der Waals surface area (Å²) in [4.78, 5) is 7.40. The smallest absolute Gasteiger partial charge is 0.140 e. The monoisotopic (exact) mass is 329 g/mol. The molecule has 0 saturated carbocycles.